The minimum Gasteiger partial charge on any atom is -0.471 e. The molecule has 0 aromatic heterocycles. The zero-order valence-electron chi connectivity index (χ0n) is 13.5. The summed E-state index contributed by atoms with van der Waals surface area (Å²) in [5, 5.41) is 0. The first-order valence-electron chi connectivity index (χ1n) is 5.94. The molecule has 0 rings (SSSR count). The lowest BCUT2D eigenvalue weighted by Crippen LogP contribution is -1.98. The predicted octanol–water partition coefficient (Wildman–Crippen LogP) is 2.05. The maximum absolute atomic E-state index is 10.3. The summed E-state index contributed by atoms with van der Waals surface area (Å²) in [6.45, 7) is 11.9. The number of allylic oxidation sites excluding steroid dienone is 3. The van der Waals surface area contributed by atoms with E-state index in [9.17, 15) is 9.59 Å². The Bertz CT molecular complexity index is 437. The van der Waals surface area contributed by atoms with Gasteiger partial charge in [0.2, 0.25) is 9.20 Å². The number of Topliss-reactive ketones (excluding diaryl/α,β-unsaturated/α-hetero) is 1. The molecule has 0 aliphatic rings. The van der Waals surface area contributed by atoms with Crippen LogP contribution in [0.2, 0.25) is 5.54 Å². The van der Waals surface area contributed by atoms with Crippen molar-refractivity contribution in [1.29, 1.82) is 0 Å². The largest absolute Gasteiger partial charge is 0.471 e. The van der Waals surface area contributed by atoms with E-state index in [4.69, 9.17) is 16.4 Å². The minimum absolute atomic E-state index is 0.0185. The van der Waals surface area contributed by atoms with Crippen LogP contribution in [0, 0.1) is 18.0 Å². The van der Waals surface area contributed by atoms with Crippen LogP contribution in [0.5, 0.6) is 0 Å². The highest BCUT2D eigenvalue weighted by molar-refractivity contribution is 6.32. The predicted molar refractivity (Wildman–Crippen MR) is 95.0 cm³/mol. The smallest absolute Gasteiger partial charge is 0.245 e. The van der Waals surface area contributed by atoms with Crippen molar-refractivity contribution in [2.45, 2.75) is 40.2 Å². The summed E-state index contributed by atoms with van der Waals surface area (Å²) >= 11 is 0. The lowest BCUT2D eigenvalue weighted by molar-refractivity contribution is -0.116. The van der Waals surface area contributed by atoms with Gasteiger partial charge in [0.15, 0.2) is 5.78 Å². The van der Waals surface area contributed by atoms with E-state index >= 15 is 0 Å². The van der Waals surface area contributed by atoms with Crippen LogP contribution in [0.3, 0.4) is 0 Å². The van der Waals surface area contributed by atoms with Crippen LogP contribution < -0.4 is 0 Å². The van der Waals surface area contributed by atoms with Crippen molar-refractivity contribution in [3.05, 3.63) is 24.5 Å². The van der Waals surface area contributed by atoms with Gasteiger partial charge in [-0.3, -0.25) is 9.59 Å². The molecule has 0 aliphatic heterocycles. The maximum atomic E-state index is 10.3. The van der Waals surface area contributed by atoms with Crippen LogP contribution >= 0.6 is 0 Å². The molecule has 0 saturated heterocycles. The maximum Gasteiger partial charge on any atom is 0.245 e. The van der Waals surface area contributed by atoms with Crippen LogP contribution in [0.25, 0.3) is 0 Å². The quantitative estimate of drug-likeness (QED) is 0.450. The normalized spacial score (nSPS) is 9.10. The molecule has 114 valence electrons. The third-order valence-corrected chi connectivity index (χ3v) is 3.12. The number of ketones is 2. The first-order valence-corrected chi connectivity index (χ1v) is 8.75. The van der Waals surface area contributed by atoms with Gasteiger partial charge in [-0.15, -0.1) is 6.00 Å². The van der Waals surface area contributed by atoms with E-state index in [1.54, 1.807) is 6.92 Å². The third kappa shape index (κ3) is 38.1. The zero-order valence-corrected chi connectivity index (χ0v) is 16.6. The van der Waals surface area contributed by atoms with Gasteiger partial charge in [-0.05, 0) is 59.3 Å². The molecule has 21 heavy (non-hydrogen) atoms. The van der Waals surface area contributed by atoms with E-state index < -0.39 is 0 Å². The molecule has 0 radical (unpaired) electrons. The second-order valence-corrected chi connectivity index (χ2v) is 5.07. The molecule has 6 heteroatoms. The second kappa shape index (κ2) is 23.7. The lowest BCUT2D eigenvalue weighted by atomic mass is 10.3. The molecule has 1 unspecified atom stereocenters. The van der Waals surface area contributed by atoms with Gasteiger partial charge in [0.1, 0.15) is 5.78 Å². The SMILES string of the molecule is C#[SiH].C#[Si]C(C)C(C)=O.C#[Si]O/C(C)=C/C.C=CC(C)=O. The first-order chi connectivity index (χ1) is 9.76. The molecule has 3 nitrogen and oxygen atoms in total. The summed E-state index contributed by atoms with van der Waals surface area (Å²) in [7, 11) is 2.26. The number of carbonyl (C=O) groups is 2. The van der Waals surface area contributed by atoms with Crippen molar-refractivity contribution in [3.63, 3.8) is 0 Å². The fourth-order valence-corrected chi connectivity index (χ4v) is 0.808. The molecule has 0 spiro atoms. The summed E-state index contributed by atoms with van der Waals surface area (Å²) in [6.07, 6.45) is 3.15. The molecule has 0 saturated carbocycles. The molecular formula is C15H24O3Si3. The Hall–Kier alpha value is -1.39. The summed E-state index contributed by atoms with van der Waals surface area (Å²) in [6, 6.07) is 14.7. The Labute approximate surface area is 136 Å². The van der Waals surface area contributed by atoms with Crippen molar-refractivity contribution >= 4 is 39.4 Å². The first kappa shape index (κ1) is 27.9. The monoisotopic (exact) mass is 336 g/mol. The molecule has 0 heterocycles. The van der Waals surface area contributed by atoms with Gasteiger partial charge >= 0.3 is 0 Å². The van der Waals surface area contributed by atoms with Gasteiger partial charge in [-0.2, -0.15) is 12.0 Å². The van der Waals surface area contributed by atoms with Crippen molar-refractivity contribution < 1.29 is 14.0 Å². The fourth-order valence-electron chi connectivity index (χ4n) is 0.269. The van der Waals surface area contributed by atoms with Gasteiger partial charge < -0.3 is 4.43 Å². The van der Waals surface area contributed by atoms with Crippen LogP contribution in [0.4, 0.5) is 0 Å². The minimum atomic E-state index is 0.0185. The molecule has 0 fully saturated rings. The van der Waals surface area contributed by atoms with Gasteiger partial charge in [0.25, 0.3) is 0 Å². The summed E-state index contributed by atoms with van der Waals surface area (Å²) in [4.78, 5) is 20.0. The molecule has 1 atom stereocenters. The summed E-state index contributed by atoms with van der Waals surface area (Å²) in [5.74, 6) is 1.09. The van der Waals surface area contributed by atoms with E-state index in [0.29, 0.717) is 0 Å². The average molecular weight is 337 g/mol. The Morgan fingerprint density at radius 1 is 1.24 bits per heavy atom. The number of rotatable bonds is 3. The molecule has 0 aromatic carbocycles. The van der Waals surface area contributed by atoms with Crippen LogP contribution in [-0.2, 0) is 14.0 Å². The Morgan fingerprint density at radius 3 is 1.67 bits per heavy atom. The Morgan fingerprint density at radius 2 is 1.62 bits per heavy atom. The van der Waals surface area contributed by atoms with Crippen LogP contribution in [-0.4, -0.2) is 39.4 Å². The fraction of sp³-hybridized carbons (Fsp3) is 0.400. The van der Waals surface area contributed by atoms with E-state index in [2.05, 4.69) is 12.6 Å². The van der Waals surface area contributed by atoms with Crippen molar-refractivity contribution in [3.8, 4) is 18.0 Å². The Balaban J connectivity index is -0.0000000986. The van der Waals surface area contributed by atoms with Crippen molar-refractivity contribution in [1.82, 2.24) is 0 Å². The van der Waals surface area contributed by atoms with Crippen LogP contribution in [0.1, 0.15) is 34.6 Å². The highest BCUT2D eigenvalue weighted by Gasteiger charge is 1.98. The molecule has 0 bridgehead atoms. The highest BCUT2D eigenvalue weighted by atomic mass is 28.2. The lowest BCUT2D eigenvalue weighted by Gasteiger charge is -1.90. The van der Waals surface area contributed by atoms with Crippen LogP contribution in [0.15, 0.2) is 24.5 Å². The molecular weight excluding hydrogens is 312 g/mol. The van der Waals surface area contributed by atoms with Crippen molar-refractivity contribution in [2.24, 2.45) is 0 Å². The second-order valence-electron chi connectivity index (χ2n) is 3.43. The van der Waals surface area contributed by atoms with Gasteiger partial charge in [0, 0.05) is 0 Å². The number of hydrogen-bond acceptors (Lipinski definition) is 3. The van der Waals surface area contributed by atoms with Gasteiger partial charge in [0.05, 0.1) is 11.3 Å². The zero-order chi connectivity index (χ0) is 17.8. The highest BCUT2D eigenvalue weighted by Crippen LogP contribution is 1.94. The van der Waals surface area contributed by atoms with Gasteiger partial charge in [-0.25, -0.2) is 0 Å². The molecule has 0 aliphatic carbocycles. The third-order valence-electron chi connectivity index (χ3n) is 1.77. The number of carbonyl (C=O) groups excluding carboxylic acids is 2. The number of hydrogen-bond donors (Lipinski definition) is 0. The summed E-state index contributed by atoms with van der Waals surface area (Å²) < 4.78 is 4.86. The standard InChI is InChI=1S/2C5H8OSi.C4H6O.CH2Si/c1-4-5(2)6-7-3;1-4(6)5(2)7-3;1-3-4(2)5;1-2/h3-4H,1-2H3;3,5H,1-2H3;3H,1H2,2H3;1-2H/b5-4+;;;. The Kier molecular flexibility index (Phi) is 31.4. The summed E-state index contributed by atoms with van der Waals surface area (Å²) in [5.41, 5.74) is 0.0694. The van der Waals surface area contributed by atoms with E-state index in [0.717, 1.165) is 5.76 Å². The van der Waals surface area contributed by atoms with Gasteiger partial charge in [-0.1, -0.05) is 12.7 Å². The van der Waals surface area contributed by atoms with E-state index in [1.165, 1.54) is 13.0 Å². The molecule has 0 amide bonds. The van der Waals surface area contributed by atoms with E-state index in [-0.39, 0.29) is 35.3 Å². The molecule has 0 N–H and O–H groups in total. The average Bonchev–Trinajstić information content (AvgIpc) is 2.49. The molecule has 0 aromatic rings. The topological polar surface area (TPSA) is 43.4 Å². The van der Waals surface area contributed by atoms with Crippen molar-refractivity contribution in [2.75, 3.05) is 0 Å². The van der Waals surface area contributed by atoms with E-state index in [1.807, 2.05) is 36.5 Å².